The second kappa shape index (κ2) is 6.27. The molecule has 0 radical (unpaired) electrons. The number of rotatable bonds is 3. The topological polar surface area (TPSA) is 62.7 Å². The van der Waals surface area contributed by atoms with Crippen molar-refractivity contribution in [2.24, 2.45) is 0 Å². The molecule has 24 heavy (non-hydrogen) atoms. The number of carbonyl (C=O) groups is 1. The molecule has 1 fully saturated rings. The summed E-state index contributed by atoms with van der Waals surface area (Å²) in [6.45, 7) is 1.18. The molecule has 0 saturated carbocycles. The first kappa shape index (κ1) is 16.5. The number of ether oxygens (including phenoxy) is 1. The molecule has 128 valence electrons. The number of anilines is 1. The van der Waals surface area contributed by atoms with Crippen LogP contribution in [0.5, 0.6) is 0 Å². The Morgan fingerprint density at radius 2 is 2.17 bits per heavy atom. The summed E-state index contributed by atoms with van der Waals surface area (Å²) in [5.74, 6) is -0.414. The molecule has 3 rings (SSSR count). The van der Waals surface area contributed by atoms with Crippen LogP contribution in [-0.2, 0) is 15.7 Å². The average molecular weight is 340 g/mol. The maximum Gasteiger partial charge on any atom is 0.416 e. The predicted molar refractivity (Wildman–Crippen MR) is 81.0 cm³/mol. The minimum absolute atomic E-state index is 0.126. The van der Waals surface area contributed by atoms with Crippen LogP contribution >= 0.6 is 0 Å². The number of fused-ring (bicyclic) bond motifs is 1. The molecule has 1 saturated heterocycles. The first-order chi connectivity index (χ1) is 11.3. The van der Waals surface area contributed by atoms with Gasteiger partial charge >= 0.3 is 12.1 Å². The minimum atomic E-state index is -4.40. The van der Waals surface area contributed by atoms with Gasteiger partial charge in [0.2, 0.25) is 0 Å². The minimum Gasteiger partial charge on any atom is -0.481 e. The average Bonchev–Trinajstić information content (AvgIpc) is 2.52. The van der Waals surface area contributed by atoms with Gasteiger partial charge in [-0.05, 0) is 23.6 Å². The Morgan fingerprint density at radius 1 is 1.38 bits per heavy atom. The second-order valence-corrected chi connectivity index (χ2v) is 5.60. The lowest BCUT2D eigenvalue weighted by molar-refractivity contribution is -0.140. The molecule has 8 heteroatoms. The number of hydrogen-bond donors (Lipinski definition) is 1. The number of pyridine rings is 1. The van der Waals surface area contributed by atoms with Crippen molar-refractivity contribution < 1.29 is 27.8 Å². The quantitative estimate of drug-likeness (QED) is 0.931. The third-order valence-electron chi connectivity index (χ3n) is 3.91. The Bertz CT molecular complexity index is 764. The summed E-state index contributed by atoms with van der Waals surface area (Å²) in [5, 5.41) is 9.92. The molecule has 0 aliphatic carbocycles. The van der Waals surface area contributed by atoms with Crippen LogP contribution in [0, 0.1) is 0 Å². The zero-order valence-electron chi connectivity index (χ0n) is 12.6. The summed E-state index contributed by atoms with van der Waals surface area (Å²) in [7, 11) is 0. The van der Waals surface area contributed by atoms with E-state index in [0.29, 0.717) is 36.3 Å². The van der Waals surface area contributed by atoms with Crippen molar-refractivity contribution in [2.75, 3.05) is 24.6 Å². The number of carboxylic acids is 1. The van der Waals surface area contributed by atoms with Gasteiger partial charge in [0.1, 0.15) is 5.82 Å². The van der Waals surface area contributed by atoms with Crippen LogP contribution in [0.1, 0.15) is 12.0 Å². The molecule has 1 aliphatic rings. The van der Waals surface area contributed by atoms with Crippen molar-refractivity contribution in [3.8, 4) is 0 Å². The zero-order chi connectivity index (χ0) is 17.3. The Balaban J connectivity index is 1.93. The molecule has 1 N–H and O–H groups in total. The lowest BCUT2D eigenvalue weighted by Crippen LogP contribution is -2.43. The van der Waals surface area contributed by atoms with Gasteiger partial charge < -0.3 is 14.7 Å². The van der Waals surface area contributed by atoms with Crippen molar-refractivity contribution in [1.82, 2.24) is 4.98 Å². The van der Waals surface area contributed by atoms with Gasteiger partial charge in [-0.2, -0.15) is 13.2 Å². The van der Waals surface area contributed by atoms with Gasteiger partial charge in [0.25, 0.3) is 0 Å². The van der Waals surface area contributed by atoms with E-state index in [9.17, 15) is 18.0 Å². The van der Waals surface area contributed by atoms with E-state index in [1.807, 2.05) is 4.90 Å². The van der Waals surface area contributed by atoms with Crippen LogP contribution in [0.2, 0.25) is 0 Å². The van der Waals surface area contributed by atoms with Gasteiger partial charge in [0.05, 0.1) is 24.7 Å². The van der Waals surface area contributed by atoms with Crippen LogP contribution in [-0.4, -0.2) is 41.9 Å². The van der Waals surface area contributed by atoms with E-state index in [4.69, 9.17) is 9.84 Å². The lowest BCUT2D eigenvalue weighted by atomic mass is 10.1. The van der Waals surface area contributed by atoms with Crippen molar-refractivity contribution >= 4 is 22.6 Å². The summed E-state index contributed by atoms with van der Waals surface area (Å²) in [5.41, 5.74) is -0.710. The third-order valence-corrected chi connectivity index (χ3v) is 3.91. The summed E-state index contributed by atoms with van der Waals surface area (Å²) in [6, 6.07) is 5.06. The fourth-order valence-electron chi connectivity index (χ4n) is 2.82. The normalized spacial score (nSPS) is 18.8. The van der Waals surface area contributed by atoms with Crippen molar-refractivity contribution in [2.45, 2.75) is 18.7 Å². The van der Waals surface area contributed by atoms with Crippen LogP contribution in [0.25, 0.3) is 10.8 Å². The fraction of sp³-hybridized carbons (Fsp3) is 0.375. The summed E-state index contributed by atoms with van der Waals surface area (Å²) >= 11 is 0. The molecule has 1 aliphatic heterocycles. The van der Waals surface area contributed by atoms with Crippen LogP contribution < -0.4 is 4.90 Å². The lowest BCUT2D eigenvalue weighted by Gasteiger charge is -2.33. The highest BCUT2D eigenvalue weighted by atomic mass is 19.4. The van der Waals surface area contributed by atoms with Gasteiger partial charge in [-0.3, -0.25) is 4.79 Å². The van der Waals surface area contributed by atoms with Crippen molar-refractivity contribution in [3.63, 3.8) is 0 Å². The number of aliphatic carboxylic acids is 1. The van der Waals surface area contributed by atoms with Crippen LogP contribution in [0.3, 0.4) is 0 Å². The molecule has 2 heterocycles. The molecule has 1 atom stereocenters. The number of carboxylic acid groups (broad SMARTS) is 1. The Kier molecular flexibility index (Phi) is 4.31. The van der Waals surface area contributed by atoms with E-state index in [0.717, 1.165) is 12.1 Å². The molecular formula is C16H15F3N2O3. The Morgan fingerprint density at radius 3 is 2.88 bits per heavy atom. The predicted octanol–water partition coefficient (Wildman–Crippen LogP) is 2.93. The summed E-state index contributed by atoms with van der Waals surface area (Å²) in [6.07, 6.45) is -3.54. The van der Waals surface area contributed by atoms with Gasteiger partial charge in [0, 0.05) is 24.7 Å². The molecule has 1 aromatic carbocycles. The number of halogens is 3. The van der Waals surface area contributed by atoms with Crippen LogP contribution in [0.4, 0.5) is 19.0 Å². The summed E-state index contributed by atoms with van der Waals surface area (Å²) in [4.78, 5) is 17.0. The van der Waals surface area contributed by atoms with E-state index in [-0.39, 0.29) is 6.42 Å². The Labute approximate surface area is 135 Å². The van der Waals surface area contributed by atoms with Gasteiger partial charge in [-0.15, -0.1) is 0 Å². The van der Waals surface area contributed by atoms with Gasteiger partial charge in [-0.1, -0.05) is 6.07 Å². The van der Waals surface area contributed by atoms with Crippen molar-refractivity contribution in [1.29, 1.82) is 0 Å². The number of alkyl halides is 3. The SMILES string of the molecule is O=C(O)CC1CN(c2nccc3cc(C(F)(F)F)ccc23)CCO1. The maximum atomic E-state index is 12.8. The van der Waals surface area contributed by atoms with E-state index in [2.05, 4.69) is 4.98 Å². The second-order valence-electron chi connectivity index (χ2n) is 5.60. The van der Waals surface area contributed by atoms with Gasteiger partial charge in [0.15, 0.2) is 0 Å². The number of morpholine rings is 1. The molecule has 2 aromatic rings. The number of nitrogens with zero attached hydrogens (tertiary/aromatic N) is 2. The zero-order valence-corrected chi connectivity index (χ0v) is 12.6. The smallest absolute Gasteiger partial charge is 0.416 e. The molecular weight excluding hydrogens is 325 g/mol. The van der Waals surface area contributed by atoms with E-state index in [1.165, 1.54) is 18.3 Å². The highest BCUT2D eigenvalue weighted by Gasteiger charge is 2.31. The number of hydrogen-bond acceptors (Lipinski definition) is 4. The monoisotopic (exact) mass is 340 g/mol. The number of benzene rings is 1. The first-order valence-corrected chi connectivity index (χ1v) is 7.39. The van der Waals surface area contributed by atoms with Crippen LogP contribution in [0.15, 0.2) is 30.5 Å². The molecule has 0 spiro atoms. The van der Waals surface area contributed by atoms with E-state index < -0.39 is 23.8 Å². The standard InChI is InChI=1S/C16H15F3N2O3/c17-16(18,19)11-1-2-13-10(7-11)3-4-20-15(13)21-5-6-24-12(9-21)8-14(22)23/h1-4,7,12H,5-6,8-9H2,(H,22,23). The van der Waals surface area contributed by atoms with Crippen molar-refractivity contribution in [3.05, 3.63) is 36.0 Å². The summed E-state index contributed by atoms with van der Waals surface area (Å²) < 4.78 is 44.0. The highest BCUT2D eigenvalue weighted by Crippen LogP contribution is 2.33. The molecule has 0 bridgehead atoms. The van der Waals surface area contributed by atoms with Gasteiger partial charge in [-0.25, -0.2) is 4.98 Å². The van der Waals surface area contributed by atoms with E-state index in [1.54, 1.807) is 0 Å². The molecule has 0 amide bonds. The third kappa shape index (κ3) is 3.43. The largest absolute Gasteiger partial charge is 0.481 e. The maximum absolute atomic E-state index is 12.8. The fourth-order valence-corrected chi connectivity index (χ4v) is 2.82. The first-order valence-electron chi connectivity index (χ1n) is 7.39. The molecule has 1 unspecified atom stereocenters. The van der Waals surface area contributed by atoms with E-state index >= 15 is 0 Å². The molecule has 1 aromatic heterocycles. The molecule has 5 nitrogen and oxygen atoms in total. The highest BCUT2D eigenvalue weighted by molar-refractivity contribution is 5.92. The number of aromatic nitrogens is 1. The Hall–Kier alpha value is -2.35.